The zero-order valence-electron chi connectivity index (χ0n) is 19.3. The SMILES string of the molecule is COc1ccc(S(=O)(=O)N2CCC(C(=O)Nc3nc(-c4ccc(OC)c(C)c4)cs3)CC2)cc1. The molecule has 1 saturated heterocycles. The molecule has 0 atom stereocenters. The number of sulfonamides is 1. The van der Waals surface area contributed by atoms with Crippen molar-refractivity contribution in [2.45, 2.75) is 24.7 Å². The van der Waals surface area contributed by atoms with Gasteiger partial charge in [-0.25, -0.2) is 13.4 Å². The number of hydrogen-bond donors (Lipinski definition) is 1. The van der Waals surface area contributed by atoms with E-state index in [0.717, 1.165) is 22.6 Å². The van der Waals surface area contributed by atoms with Crippen LogP contribution in [0, 0.1) is 12.8 Å². The second kappa shape index (κ2) is 10.1. The molecule has 0 radical (unpaired) electrons. The van der Waals surface area contributed by atoms with Gasteiger partial charge in [0.25, 0.3) is 0 Å². The molecule has 1 N–H and O–H groups in total. The zero-order chi connectivity index (χ0) is 24.3. The summed E-state index contributed by atoms with van der Waals surface area (Å²) in [6, 6.07) is 12.2. The van der Waals surface area contributed by atoms with Crippen LogP contribution in [-0.4, -0.2) is 50.9 Å². The summed E-state index contributed by atoms with van der Waals surface area (Å²) in [6.45, 7) is 2.56. The van der Waals surface area contributed by atoms with Crippen molar-refractivity contribution in [2.24, 2.45) is 5.92 Å². The summed E-state index contributed by atoms with van der Waals surface area (Å²) < 4.78 is 37.7. The zero-order valence-corrected chi connectivity index (χ0v) is 20.9. The smallest absolute Gasteiger partial charge is 0.243 e. The van der Waals surface area contributed by atoms with E-state index in [0.29, 0.717) is 36.8 Å². The monoisotopic (exact) mass is 501 g/mol. The van der Waals surface area contributed by atoms with Crippen molar-refractivity contribution in [1.29, 1.82) is 0 Å². The Bertz CT molecular complexity index is 1260. The number of benzene rings is 2. The lowest BCUT2D eigenvalue weighted by molar-refractivity contribution is -0.120. The first-order valence-corrected chi connectivity index (χ1v) is 13.2. The number of methoxy groups -OCH3 is 2. The molecule has 10 heteroatoms. The van der Waals surface area contributed by atoms with Crippen LogP contribution in [-0.2, 0) is 14.8 Å². The third-order valence-electron chi connectivity index (χ3n) is 5.95. The van der Waals surface area contributed by atoms with Crippen molar-refractivity contribution < 1.29 is 22.7 Å². The van der Waals surface area contributed by atoms with Gasteiger partial charge in [-0.2, -0.15) is 4.31 Å². The molecule has 1 aliphatic rings. The Balaban J connectivity index is 1.35. The van der Waals surface area contributed by atoms with Gasteiger partial charge in [0.2, 0.25) is 15.9 Å². The van der Waals surface area contributed by atoms with E-state index >= 15 is 0 Å². The van der Waals surface area contributed by atoms with E-state index < -0.39 is 10.0 Å². The fourth-order valence-electron chi connectivity index (χ4n) is 3.96. The van der Waals surface area contributed by atoms with Gasteiger partial charge in [0.05, 0.1) is 24.8 Å². The number of rotatable bonds is 7. The van der Waals surface area contributed by atoms with Crippen molar-refractivity contribution in [1.82, 2.24) is 9.29 Å². The van der Waals surface area contributed by atoms with E-state index in [1.807, 2.05) is 30.5 Å². The van der Waals surface area contributed by atoms with E-state index in [2.05, 4.69) is 10.3 Å². The van der Waals surface area contributed by atoms with Gasteiger partial charge in [0.1, 0.15) is 11.5 Å². The van der Waals surface area contributed by atoms with Crippen LogP contribution < -0.4 is 14.8 Å². The van der Waals surface area contributed by atoms with Crippen LogP contribution >= 0.6 is 11.3 Å². The number of aromatic nitrogens is 1. The minimum Gasteiger partial charge on any atom is -0.497 e. The molecule has 2 aromatic carbocycles. The molecule has 1 aliphatic heterocycles. The van der Waals surface area contributed by atoms with Gasteiger partial charge >= 0.3 is 0 Å². The van der Waals surface area contributed by atoms with Gasteiger partial charge in [0, 0.05) is 30.0 Å². The summed E-state index contributed by atoms with van der Waals surface area (Å²) in [5.41, 5.74) is 2.74. The highest BCUT2D eigenvalue weighted by Gasteiger charge is 2.32. The molecule has 0 saturated carbocycles. The lowest BCUT2D eigenvalue weighted by Gasteiger charge is -2.30. The Kier molecular flexibility index (Phi) is 7.20. The minimum absolute atomic E-state index is 0.131. The quantitative estimate of drug-likeness (QED) is 0.522. The standard InChI is InChI=1S/C24H27N3O5S2/c1-16-14-18(4-9-22(16)32-3)21-15-33-24(25-21)26-23(28)17-10-12-27(13-11-17)34(29,30)20-7-5-19(31-2)6-8-20/h4-9,14-15,17H,10-13H2,1-3H3,(H,25,26,28). The average Bonchev–Trinajstić information content (AvgIpc) is 3.32. The molecule has 8 nitrogen and oxygen atoms in total. The number of aryl methyl sites for hydroxylation is 1. The maximum atomic E-state index is 12.9. The number of piperidine rings is 1. The molecule has 34 heavy (non-hydrogen) atoms. The topological polar surface area (TPSA) is 97.8 Å². The molecular formula is C24H27N3O5S2. The molecule has 3 aromatic rings. The number of nitrogens with one attached hydrogen (secondary N) is 1. The first-order valence-electron chi connectivity index (χ1n) is 10.9. The van der Waals surface area contributed by atoms with Crippen LogP contribution in [0.15, 0.2) is 52.7 Å². The van der Waals surface area contributed by atoms with Crippen LogP contribution in [0.1, 0.15) is 18.4 Å². The number of amides is 1. The minimum atomic E-state index is -3.60. The normalized spacial score (nSPS) is 15.1. The van der Waals surface area contributed by atoms with Crippen LogP contribution in [0.2, 0.25) is 0 Å². The molecule has 0 spiro atoms. The summed E-state index contributed by atoms with van der Waals surface area (Å²) in [7, 11) is -0.434. The summed E-state index contributed by atoms with van der Waals surface area (Å²) in [6.07, 6.45) is 0.911. The maximum absolute atomic E-state index is 12.9. The highest BCUT2D eigenvalue weighted by molar-refractivity contribution is 7.89. The first-order chi connectivity index (χ1) is 16.3. The number of nitrogens with zero attached hydrogens (tertiary/aromatic N) is 2. The van der Waals surface area contributed by atoms with Crippen LogP contribution in [0.4, 0.5) is 5.13 Å². The molecule has 4 rings (SSSR count). The van der Waals surface area contributed by atoms with Crippen LogP contribution in [0.5, 0.6) is 11.5 Å². The van der Waals surface area contributed by atoms with Crippen molar-refractivity contribution >= 4 is 32.4 Å². The Morgan fingerprint density at radius 3 is 2.41 bits per heavy atom. The fourth-order valence-corrected chi connectivity index (χ4v) is 6.16. The third-order valence-corrected chi connectivity index (χ3v) is 8.62. The van der Waals surface area contributed by atoms with E-state index in [9.17, 15) is 13.2 Å². The lowest BCUT2D eigenvalue weighted by atomic mass is 9.97. The molecule has 2 heterocycles. The van der Waals surface area contributed by atoms with Crippen LogP contribution in [0.3, 0.4) is 0 Å². The Morgan fingerprint density at radius 2 is 1.79 bits per heavy atom. The molecule has 0 unspecified atom stereocenters. The highest BCUT2D eigenvalue weighted by Crippen LogP contribution is 2.30. The third kappa shape index (κ3) is 5.08. The summed E-state index contributed by atoms with van der Waals surface area (Å²) in [5, 5.41) is 5.33. The predicted octanol–water partition coefficient (Wildman–Crippen LogP) is 4.18. The van der Waals surface area contributed by atoms with Crippen molar-refractivity contribution in [3.05, 3.63) is 53.4 Å². The van der Waals surface area contributed by atoms with E-state index in [4.69, 9.17) is 9.47 Å². The van der Waals surface area contributed by atoms with Gasteiger partial charge in [-0.15, -0.1) is 11.3 Å². The number of carbonyl (C=O) groups excluding carboxylic acids is 1. The van der Waals surface area contributed by atoms with E-state index in [1.165, 1.54) is 34.9 Å². The average molecular weight is 502 g/mol. The van der Waals surface area contributed by atoms with E-state index in [1.54, 1.807) is 19.2 Å². The number of carbonyl (C=O) groups is 1. The van der Waals surface area contributed by atoms with Crippen molar-refractivity contribution in [3.8, 4) is 22.8 Å². The number of hydrogen-bond acceptors (Lipinski definition) is 7. The van der Waals surface area contributed by atoms with Crippen molar-refractivity contribution in [3.63, 3.8) is 0 Å². The first kappa shape index (κ1) is 24.2. The summed E-state index contributed by atoms with van der Waals surface area (Å²) in [5.74, 6) is 1.01. The second-order valence-electron chi connectivity index (χ2n) is 8.07. The fraction of sp³-hybridized carbons (Fsp3) is 0.333. The highest BCUT2D eigenvalue weighted by atomic mass is 32.2. The molecule has 180 valence electrons. The summed E-state index contributed by atoms with van der Waals surface area (Å²) in [4.78, 5) is 17.6. The molecule has 1 amide bonds. The maximum Gasteiger partial charge on any atom is 0.243 e. The lowest BCUT2D eigenvalue weighted by Crippen LogP contribution is -2.41. The number of anilines is 1. The molecule has 1 fully saturated rings. The predicted molar refractivity (Wildman–Crippen MR) is 132 cm³/mol. The van der Waals surface area contributed by atoms with Gasteiger partial charge in [-0.3, -0.25) is 4.79 Å². The molecular weight excluding hydrogens is 474 g/mol. The molecule has 1 aromatic heterocycles. The van der Waals surface area contributed by atoms with Gasteiger partial charge in [-0.05, 0) is 67.8 Å². The molecule has 0 aliphatic carbocycles. The van der Waals surface area contributed by atoms with E-state index in [-0.39, 0.29) is 16.7 Å². The number of thiazole rings is 1. The van der Waals surface area contributed by atoms with Crippen molar-refractivity contribution in [2.75, 3.05) is 32.6 Å². The Labute approximate surface area is 203 Å². The largest absolute Gasteiger partial charge is 0.497 e. The Hall–Kier alpha value is -2.95. The number of ether oxygens (including phenoxy) is 2. The second-order valence-corrected chi connectivity index (χ2v) is 10.9. The van der Waals surface area contributed by atoms with Gasteiger partial charge < -0.3 is 14.8 Å². The van der Waals surface area contributed by atoms with Crippen LogP contribution in [0.25, 0.3) is 11.3 Å². The van der Waals surface area contributed by atoms with Gasteiger partial charge in [0.15, 0.2) is 5.13 Å². The van der Waals surface area contributed by atoms with Gasteiger partial charge in [-0.1, -0.05) is 0 Å². The Morgan fingerprint density at radius 1 is 1.09 bits per heavy atom. The molecule has 0 bridgehead atoms. The summed E-state index contributed by atoms with van der Waals surface area (Å²) >= 11 is 1.37.